The topological polar surface area (TPSA) is 58.6 Å². The van der Waals surface area contributed by atoms with E-state index in [0.717, 1.165) is 23.0 Å². The van der Waals surface area contributed by atoms with Crippen LogP contribution in [0.1, 0.15) is 21.5 Å². The van der Waals surface area contributed by atoms with E-state index in [1.807, 2.05) is 37.3 Å². The van der Waals surface area contributed by atoms with Gasteiger partial charge in [-0.15, -0.1) is 0 Å². The lowest BCUT2D eigenvalue weighted by atomic mass is 9.73. The lowest BCUT2D eigenvalue weighted by Gasteiger charge is -2.20. The summed E-state index contributed by atoms with van der Waals surface area (Å²) in [6, 6.07) is 13.0. The highest BCUT2D eigenvalue weighted by atomic mass is 16.5. The van der Waals surface area contributed by atoms with E-state index in [1.165, 1.54) is 0 Å². The van der Waals surface area contributed by atoms with Gasteiger partial charge in [0.25, 0.3) is 5.91 Å². The first kappa shape index (κ1) is 13.9. The maximum absolute atomic E-state index is 12.3. The Hall–Kier alpha value is -2.11. The van der Waals surface area contributed by atoms with E-state index in [2.05, 4.69) is 5.32 Å². The summed E-state index contributed by atoms with van der Waals surface area (Å²) < 4.78 is 5.21. The molecule has 0 aromatic heterocycles. The molecular formula is C16H16BNO3. The Balaban J connectivity index is 1.84. The Labute approximate surface area is 123 Å². The second-order valence-electron chi connectivity index (χ2n) is 5.16. The maximum Gasteiger partial charge on any atom is 0.491 e. The average molecular weight is 281 g/mol. The van der Waals surface area contributed by atoms with Crippen molar-refractivity contribution in [3.63, 3.8) is 0 Å². The summed E-state index contributed by atoms with van der Waals surface area (Å²) in [6.45, 7) is 2.42. The number of fused-ring (bicyclic) bond motifs is 1. The van der Waals surface area contributed by atoms with Crippen LogP contribution in [0.25, 0.3) is 0 Å². The monoisotopic (exact) mass is 281 g/mol. The molecule has 0 aliphatic carbocycles. The van der Waals surface area contributed by atoms with E-state index in [9.17, 15) is 9.82 Å². The van der Waals surface area contributed by atoms with Gasteiger partial charge in [0.2, 0.25) is 0 Å². The van der Waals surface area contributed by atoms with Crippen LogP contribution >= 0.6 is 0 Å². The summed E-state index contributed by atoms with van der Waals surface area (Å²) in [4.78, 5) is 12.3. The third-order valence-corrected chi connectivity index (χ3v) is 3.71. The number of hydrogen-bond acceptors (Lipinski definition) is 3. The van der Waals surface area contributed by atoms with Crippen molar-refractivity contribution in [2.75, 3.05) is 11.9 Å². The van der Waals surface area contributed by atoms with Crippen molar-refractivity contribution < 1.29 is 14.5 Å². The Bertz CT molecular complexity index is 687. The van der Waals surface area contributed by atoms with Crippen LogP contribution in [-0.2, 0) is 11.1 Å². The molecule has 0 unspecified atom stereocenters. The lowest BCUT2D eigenvalue weighted by Crippen LogP contribution is -2.41. The largest absolute Gasteiger partial charge is 0.491 e. The Morgan fingerprint density at radius 3 is 2.90 bits per heavy atom. The van der Waals surface area contributed by atoms with Gasteiger partial charge in [-0.25, -0.2) is 0 Å². The minimum absolute atomic E-state index is 0.153. The van der Waals surface area contributed by atoms with Crippen molar-refractivity contribution in [3.05, 3.63) is 59.2 Å². The van der Waals surface area contributed by atoms with E-state index in [4.69, 9.17) is 4.65 Å². The van der Waals surface area contributed by atoms with Gasteiger partial charge in [-0.05, 0) is 48.1 Å². The molecule has 2 aromatic rings. The molecule has 106 valence electrons. The van der Waals surface area contributed by atoms with Crippen molar-refractivity contribution in [1.29, 1.82) is 0 Å². The molecule has 21 heavy (non-hydrogen) atoms. The van der Waals surface area contributed by atoms with Gasteiger partial charge in [-0.3, -0.25) is 4.79 Å². The highest BCUT2D eigenvalue weighted by Gasteiger charge is 2.25. The fourth-order valence-corrected chi connectivity index (χ4v) is 2.53. The number of nitrogens with one attached hydrogen (secondary N) is 1. The van der Waals surface area contributed by atoms with Gasteiger partial charge in [0.05, 0.1) is 0 Å². The molecule has 5 heteroatoms. The van der Waals surface area contributed by atoms with Crippen LogP contribution in [0.15, 0.2) is 42.5 Å². The zero-order valence-electron chi connectivity index (χ0n) is 11.8. The first-order valence-electron chi connectivity index (χ1n) is 6.94. The highest BCUT2D eigenvalue weighted by molar-refractivity contribution is 6.61. The highest BCUT2D eigenvalue weighted by Crippen LogP contribution is 2.15. The molecule has 0 saturated carbocycles. The molecule has 0 bridgehead atoms. The quantitative estimate of drug-likeness (QED) is 0.820. The van der Waals surface area contributed by atoms with Crippen molar-refractivity contribution in [3.8, 4) is 0 Å². The summed E-state index contributed by atoms with van der Waals surface area (Å²) in [5.74, 6) is -0.153. The molecule has 0 atom stereocenters. The third kappa shape index (κ3) is 2.84. The second kappa shape index (κ2) is 5.72. The van der Waals surface area contributed by atoms with Crippen molar-refractivity contribution in [2.24, 2.45) is 0 Å². The summed E-state index contributed by atoms with van der Waals surface area (Å²) in [7, 11) is -0.913. The molecule has 1 heterocycles. The van der Waals surface area contributed by atoms with E-state index in [-0.39, 0.29) is 5.91 Å². The first-order chi connectivity index (χ1) is 10.1. The molecule has 3 rings (SSSR count). The van der Waals surface area contributed by atoms with Crippen LogP contribution in [0.5, 0.6) is 0 Å². The molecule has 0 spiro atoms. The van der Waals surface area contributed by atoms with Gasteiger partial charge in [0, 0.05) is 17.9 Å². The fourth-order valence-electron chi connectivity index (χ4n) is 2.53. The van der Waals surface area contributed by atoms with Crippen molar-refractivity contribution >= 4 is 24.2 Å². The molecule has 4 nitrogen and oxygen atoms in total. The number of anilines is 1. The molecule has 2 aromatic carbocycles. The van der Waals surface area contributed by atoms with Gasteiger partial charge in [-0.2, -0.15) is 0 Å². The number of carbonyl (C=O) groups excluding carboxylic acids is 1. The fraction of sp³-hybridized carbons (Fsp3) is 0.188. The standard InChI is InChI=1S/C16H16BNO3/c1-11-4-2-3-5-14(11)16(19)18-13-7-6-12-8-9-21-17(20)15(12)10-13/h2-7,10,20H,8-9H2,1H3,(H,18,19). The van der Waals surface area contributed by atoms with E-state index < -0.39 is 7.12 Å². The van der Waals surface area contributed by atoms with Crippen LogP contribution in [-0.4, -0.2) is 24.7 Å². The number of benzene rings is 2. The summed E-state index contributed by atoms with van der Waals surface area (Å²) in [5, 5.41) is 12.7. The number of carbonyl (C=O) groups is 1. The predicted molar refractivity (Wildman–Crippen MR) is 82.8 cm³/mol. The summed E-state index contributed by atoms with van der Waals surface area (Å²) in [5.41, 5.74) is 4.02. The van der Waals surface area contributed by atoms with Crippen LogP contribution in [0.3, 0.4) is 0 Å². The smallest absolute Gasteiger partial charge is 0.423 e. The zero-order chi connectivity index (χ0) is 14.8. The molecule has 1 aliphatic heterocycles. The van der Waals surface area contributed by atoms with Crippen molar-refractivity contribution in [2.45, 2.75) is 13.3 Å². The van der Waals surface area contributed by atoms with E-state index in [0.29, 0.717) is 17.9 Å². The first-order valence-corrected chi connectivity index (χ1v) is 6.94. The van der Waals surface area contributed by atoms with Crippen LogP contribution in [0, 0.1) is 6.92 Å². The number of amides is 1. The van der Waals surface area contributed by atoms with E-state index in [1.54, 1.807) is 12.1 Å². The average Bonchev–Trinajstić information content (AvgIpc) is 2.48. The maximum atomic E-state index is 12.3. The molecule has 0 radical (unpaired) electrons. The van der Waals surface area contributed by atoms with Gasteiger partial charge >= 0.3 is 7.12 Å². The van der Waals surface area contributed by atoms with Gasteiger partial charge in [-0.1, -0.05) is 24.3 Å². The third-order valence-electron chi connectivity index (χ3n) is 3.71. The SMILES string of the molecule is Cc1ccccc1C(=O)Nc1ccc2c(c1)B(O)OCC2. The molecule has 0 fully saturated rings. The van der Waals surface area contributed by atoms with Gasteiger partial charge in [0.15, 0.2) is 0 Å². The molecule has 1 aliphatic rings. The number of aryl methyl sites for hydroxylation is 1. The Morgan fingerprint density at radius 2 is 2.10 bits per heavy atom. The Morgan fingerprint density at radius 1 is 1.29 bits per heavy atom. The lowest BCUT2D eigenvalue weighted by molar-refractivity contribution is 0.102. The molecule has 2 N–H and O–H groups in total. The van der Waals surface area contributed by atoms with Crippen molar-refractivity contribution in [1.82, 2.24) is 0 Å². The predicted octanol–water partition coefficient (Wildman–Crippen LogP) is 1.51. The Kier molecular flexibility index (Phi) is 3.77. The minimum atomic E-state index is -0.913. The van der Waals surface area contributed by atoms with Crippen LogP contribution in [0.4, 0.5) is 5.69 Å². The van der Waals surface area contributed by atoms with Gasteiger partial charge < -0.3 is 15.0 Å². The molecule has 0 saturated heterocycles. The van der Waals surface area contributed by atoms with E-state index >= 15 is 0 Å². The zero-order valence-corrected chi connectivity index (χ0v) is 11.8. The minimum Gasteiger partial charge on any atom is -0.423 e. The number of rotatable bonds is 2. The van der Waals surface area contributed by atoms with Crippen LogP contribution < -0.4 is 10.8 Å². The molecule has 1 amide bonds. The number of hydrogen-bond donors (Lipinski definition) is 2. The summed E-state index contributed by atoms with van der Waals surface area (Å²) in [6.07, 6.45) is 0.776. The van der Waals surface area contributed by atoms with Gasteiger partial charge in [0.1, 0.15) is 0 Å². The summed E-state index contributed by atoms with van der Waals surface area (Å²) >= 11 is 0. The normalized spacial score (nSPS) is 13.7. The second-order valence-corrected chi connectivity index (χ2v) is 5.16. The van der Waals surface area contributed by atoms with Crippen LogP contribution in [0.2, 0.25) is 0 Å². The molecular weight excluding hydrogens is 265 g/mol.